The molecule has 0 saturated heterocycles. The van der Waals surface area contributed by atoms with E-state index in [1.807, 2.05) is 0 Å². The van der Waals surface area contributed by atoms with Crippen molar-refractivity contribution in [2.24, 2.45) is 0 Å². The van der Waals surface area contributed by atoms with E-state index in [0.717, 1.165) is 18.2 Å². The standard InChI is InChI=1S/C14H16O6/c1-6-11(15)18-10(5)14(9-4,19-12(16)7-2)20-13(17)8-3/h6-8H,1-3,5,9H2,4H3. The smallest absolute Gasteiger partial charge is 0.335 e. The van der Waals surface area contributed by atoms with Crippen LogP contribution in [-0.4, -0.2) is 23.7 Å². The van der Waals surface area contributed by atoms with Crippen LogP contribution < -0.4 is 0 Å². The van der Waals surface area contributed by atoms with E-state index in [1.54, 1.807) is 6.92 Å². The van der Waals surface area contributed by atoms with Crippen LogP contribution in [0.25, 0.3) is 0 Å². The molecule has 0 aromatic heterocycles. The van der Waals surface area contributed by atoms with Gasteiger partial charge in [0.2, 0.25) is 0 Å². The van der Waals surface area contributed by atoms with E-state index in [2.05, 4.69) is 26.3 Å². The van der Waals surface area contributed by atoms with Gasteiger partial charge < -0.3 is 14.2 Å². The van der Waals surface area contributed by atoms with Crippen LogP contribution in [0.15, 0.2) is 50.3 Å². The summed E-state index contributed by atoms with van der Waals surface area (Å²) in [6, 6.07) is 0. The van der Waals surface area contributed by atoms with Crippen LogP contribution in [0.5, 0.6) is 0 Å². The van der Waals surface area contributed by atoms with E-state index < -0.39 is 23.7 Å². The highest BCUT2D eigenvalue weighted by Crippen LogP contribution is 2.28. The molecule has 0 heterocycles. The molecule has 0 bridgehead atoms. The lowest BCUT2D eigenvalue weighted by molar-refractivity contribution is -0.221. The summed E-state index contributed by atoms with van der Waals surface area (Å²) in [6.45, 7) is 14.7. The molecule has 0 unspecified atom stereocenters. The highest BCUT2D eigenvalue weighted by atomic mass is 16.7. The second kappa shape index (κ2) is 7.73. The topological polar surface area (TPSA) is 78.9 Å². The maximum Gasteiger partial charge on any atom is 0.335 e. The predicted molar refractivity (Wildman–Crippen MR) is 71.0 cm³/mol. The summed E-state index contributed by atoms with van der Waals surface area (Å²) in [5.41, 5.74) is 0. The maximum absolute atomic E-state index is 11.4. The van der Waals surface area contributed by atoms with E-state index in [-0.39, 0.29) is 12.2 Å². The summed E-state index contributed by atoms with van der Waals surface area (Å²) in [4.78, 5) is 33.9. The molecule has 0 fully saturated rings. The molecule has 0 aliphatic rings. The van der Waals surface area contributed by atoms with Crippen molar-refractivity contribution >= 4 is 17.9 Å². The fourth-order valence-electron chi connectivity index (χ4n) is 1.13. The summed E-state index contributed by atoms with van der Waals surface area (Å²) in [5.74, 6) is -4.90. The monoisotopic (exact) mass is 280 g/mol. The Morgan fingerprint density at radius 2 is 1.35 bits per heavy atom. The van der Waals surface area contributed by atoms with Gasteiger partial charge in [-0.15, -0.1) is 0 Å². The average molecular weight is 280 g/mol. The predicted octanol–water partition coefficient (Wildman–Crippen LogP) is 1.79. The number of hydrogen-bond acceptors (Lipinski definition) is 6. The number of hydrogen-bond donors (Lipinski definition) is 0. The highest BCUT2D eigenvalue weighted by molar-refractivity contribution is 5.85. The Bertz CT molecular complexity index is 438. The van der Waals surface area contributed by atoms with Crippen LogP contribution in [0.2, 0.25) is 0 Å². The van der Waals surface area contributed by atoms with Gasteiger partial charge in [0, 0.05) is 24.6 Å². The first kappa shape index (κ1) is 17.4. The molecule has 6 heteroatoms. The van der Waals surface area contributed by atoms with Crippen molar-refractivity contribution in [3.05, 3.63) is 50.3 Å². The lowest BCUT2D eigenvalue weighted by Gasteiger charge is -2.31. The lowest BCUT2D eigenvalue weighted by atomic mass is 10.1. The second-order valence-electron chi connectivity index (χ2n) is 3.41. The Morgan fingerprint density at radius 3 is 1.65 bits per heavy atom. The van der Waals surface area contributed by atoms with Crippen LogP contribution in [0.4, 0.5) is 0 Å². The molecule has 0 aliphatic heterocycles. The van der Waals surface area contributed by atoms with Gasteiger partial charge in [0.15, 0.2) is 5.76 Å². The third-order valence-electron chi connectivity index (χ3n) is 2.15. The largest absolute Gasteiger partial charge is 0.420 e. The molecule has 6 nitrogen and oxygen atoms in total. The summed E-state index contributed by atoms with van der Waals surface area (Å²) in [7, 11) is 0. The first-order valence-corrected chi connectivity index (χ1v) is 5.59. The third kappa shape index (κ3) is 4.56. The molecule has 0 rings (SSSR count). The van der Waals surface area contributed by atoms with Gasteiger partial charge in [0.05, 0.1) is 0 Å². The van der Waals surface area contributed by atoms with E-state index >= 15 is 0 Å². The zero-order valence-corrected chi connectivity index (χ0v) is 11.2. The summed E-state index contributed by atoms with van der Waals surface area (Å²) < 4.78 is 14.7. The van der Waals surface area contributed by atoms with Crippen molar-refractivity contribution in [3.8, 4) is 0 Å². The fraction of sp³-hybridized carbons (Fsp3) is 0.214. The zero-order valence-electron chi connectivity index (χ0n) is 11.2. The number of carbonyl (C=O) groups is 3. The van der Waals surface area contributed by atoms with Gasteiger partial charge in [-0.3, -0.25) is 0 Å². The lowest BCUT2D eigenvalue weighted by Crippen LogP contribution is -2.42. The highest BCUT2D eigenvalue weighted by Gasteiger charge is 2.42. The SMILES string of the molecule is C=CC(=O)OC(=C)C(CC)(OC(=O)C=C)OC(=O)C=C. The minimum absolute atomic E-state index is 0.0323. The van der Waals surface area contributed by atoms with Crippen molar-refractivity contribution in [1.82, 2.24) is 0 Å². The fourth-order valence-corrected chi connectivity index (χ4v) is 1.13. The number of esters is 3. The Balaban J connectivity index is 5.42. The normalized spacial score (nSPS) is 9.85. The molecule has 20 heavy (non-hydrogen) atoms. The van der Waals surface area contributed by atoms with Crippen molar-refractivity contribution in [3.63, 3.8) is 0 Å². The molecule has 0 aliphatic carbocycles. The van der Waals surface area contributed by atoms with Crippen molar-refractivity contribution in [2.45, 2.75) is 19.1 Å². The van der Waals surface area contributed by atoms with Gasteiger partial charge in [-0.1, -0.05) is 33.2 Å². The number of ether oxygens (including phenoxy) is 3. The Labute approximate surface area is 117 Å². The molecule has 0 spiro atoms. The van der Waals surface area contributed by atoms with Gasteiger partial charge in [0.25, 0.3) is 0 Å². The van der Waals surface area contributed by atoms with E-state index in [4.69, 9.17) is 14.2 Å². The molecule has 108 valence electrons. The van der Waals surface area contributed by atoms with Gasteiger partial charge in [-0.05, 0) is 0 Å². The molecule has 0 saturated carbocycles. The molecule has 0 N–H and O–H groups in total. The third-order valence-corrected chi connectivity index (χ3v) is 2.15. The second-order valence-corrected chi connectivity index (χ2v) is 3.41. The van der Waals surface area contributed by atoms with Crippen molar-refractivity contribution < 1.29 is 28.6 Å². The van der Waals surface area contributed by atoms with Crippen LogP contribution >= 0.6 is 0 Å². The Kier molecular flexibility index (Phi) is 6.71. The molecule has 0 radical (unpaired) electrons. The maximum atomic E-state index is 11.4. The molecule has 0 amide bonds. The molecule has 0 aromatic rings. The van der Waals surface area contributed by atoms with Crippen LogP contribution in [0.1, 0.15) is 13.3 Å². The Hall–Kier alpha value is -2.63. The van der Waals surface area contributed by atoms with E-state index in [9.17, 15) is 14.4 Å². The summed E-state index contributed by atoms with van der Waals surface area (Å²) in [6.07, 6.45) is 2.59. The van der Waals surface area contributed by atoms with Gasteiger partial charge in [-0.2, -0.15) is 0 Å². The Morgan fingerprint density at radius 1 is 0.950 bits per heavy atom. The minimum atomic E-state index is -1.95. The van der Waals surface area contributed by atoms with E-state index in [1.165, 1.54) is 0 Å². The van der Waals surface area contributed by atoms with Gasteiger partial charge in [-0.25, -0.2) is 14.4 Å². The van der Waals surface area contributed by atoms with Crippen LogP contribution in [0.3, 0.4) is 0 Å². The van der Waals surface area contributed by atoms with Crippen molar-refractivity contribution in [2.75, 3.05) is 0 Å². The van der Waals surface area contributed by atoms with Gasteiger partial charge in [0.1, 0.15) is 0 Å². The molecule has 0 atom stereocenters. The average Bonchev–Trinajstić information content (AvgIpc) is 2.45. The number of rotatable bonds is 8. The van der Waals surface area contributed by atoms with E-state index in [0.29, 0.717) is 0 Å². The summed E-state index contributed by atoms with van der Waals surface area (Å²) in [5, 5.41) is 0. The van der Waals surface area contributed by atoms with Crippen LogP contribution in [0, 0.1) is 0 Å². The first-order chi connectivity index (χ1) is 9.34. The van der Waals surface area contributed by atoms with Crippen molar-refractivity contribution in [1.29, 1.82) is 0 Å². The molecular weight excluding hydrogens is 264 g/mol. The van der Waals surface area contributed by atoms with Crippen LogP contribution in [-0.2, 0) is 28.6 Å². The quantitative estimate of drug-likeness (QED) is 0.292. The number of carbonyl (C=O) groups excluding carboxylic acids is 3. The molecule has 0 aromatic carbocycles. The first-order valence-electron chi connectivity index (χ1n) is 5.59. The summed E-state index contributed by atoms with van der Waals surface area (Å²) >= 11 is 0. The van der Waals surface area contributed by atoms with Gasteiger partial charge >= 0.3 is 23.7 Å². The molecular formula is C14H16O6. The minimum Gasteiger partial charge on any atom is -0.420 e. The zero-order chi connectivity index (χ0) is 15.8.